The monoisotopic (exact) mass is 772 g/mol. The molecule has 4 amide bonds. The molecule has 4 aromatic rings. The highest BCUT2D eigenvalue weighted by molar-refractivity contribution is 6.06. The topological polar surface area (TPSA) is 154 Å². The number of nitrogens with zero attached hydrogens (tertiary/aromatic N) is 4. The second-order valence-corrected chi connectivity index (χ2v) is 13.1. The van der Waals surface area contributed by atoms with Gasteiger partial charge in [-0.15, -0.1) is 0 Å². The van der Waals surface area contributed by atoms with E-state index >= 15 is 0 Å². The van der Waals surface area contributed by atoms with Crippen LogP contribution in [0.2, 0.25) is 0 Å². The summed E-state index contributed by atoms with van der Waals surface area (Å²) in [4.78, 5) is 79.6. The molecule has 4 atom stereocenters. The molecule has 4 aromatic carbocycles. The minimum absolute atomic E-state index is 0.134. The fourth-order valence-corrected chi connectivity index (χ4v) is 6.77. The quantitative estimate of drug-likeness (QED) is 0.164. The number of cyclic esters (lactones) is 2. The molecule has 7 rings (SSSR count). The number of alkyl halides is 3. The molecule has 0 aliphatic carbocycles. The molecular weight excluding hydrogens is 737 g/mol. The van der Waals surface area contributed by atoms with Crippen molar-refractivity contribution in [2.24, 2.45) is 0 Å². The maximum absolute atomic E-state index is 13.1. The average molecular weight is 773 g/mol. The summed E-state index contributed by atoms with van der Waals surface area (Å²) in [6.07, 6.45) is -4.79. The molecule has 13 nitrogen and oxygen atoms in total. The first-order valence-corrected chi connectivity index (χ1v) is 17.3. The number of hydrogen-bond donors (Lipinski definition) is 1. The van der Waals surface area contributed by atoms with E-state index in [0.29, 0.717) is 11.1 Å². The van der Waals surface area contributed by atoms with Crippen molar-refractivity contribution in [1.29, 1.82) is 0 Å². The van der Waals surface area contributed by atoms with Crippen LogP contribution in [0.5, 0.6) is 0 Å². The van der Waals surface area contributed by atoms with Crippen LogP contribution >= 0.6 is 0 Å². The molecule has 1 N–H and O–H groups in total. The first-order chi connectivity index (χ1) is 26.8. The third kappa shape index (κ3) is 8.80. The predicted octanol–water partition coefficient (Wildman–Crippen LogP) is 5.00. The molecule has 0 radical (unpaired) electrons. The van der Waals surface area contributed by atoms with Crippen LogP contribution in [0.25, 0.3) is 0 Å². The molecule has 3 fully saturated rings. The number of aliphatic carboxylic acids is 1. The van der Waals surface area contributed by atoms with E-state index in [0.717, 1.165) is 20.9 Å². The average Bonchev–Trinajstić information content (AvgIpc) is 3.74. The maximum atomic E-state index is 13.1. The van der Waals surface area contributed by atoms with E-state index in [1.807, 2.05) is 60.7 Å². The predicted molar refractivity (Wildman–Crippen MR) is 190 cm³/mol. The van der Waals surface area contributed by atoms with Gasteiger partial charge in [-0.1, -0.05) is 121 Å². The Morgan fingerprint density at radius 2 is 0.875 bits per heavy atom. The van der Waals surface area contributed by atoms with Gasteiger partial charge >= 0.3 is 42.1 Å². The largest absolute Gasteiger partial charge is 0.480 e. The summed E-state index contributed by atoms with van der Waals surface area (Å²) < 4.78 is 46.8. The number of hydrogen-bond acceptors (Lipinski definition) is 8. The van der Waals surface area contributed by atoms with Gasteiger partial charge in [-0.05, 0) is 22.3 Å². The molecular formula is C40H35F3N4O9. The number of carboxylic acids is 1. The van der Waals surface area contributed by atoms with Crippen molar-refractivity contribution in [1.82, 2.24) is 19.6 Å². The van der Waals surface area contributed by atoms with Crippen molar-refractivity contribution < 1.29 is 56.5 Å². The summed E-state index contributed by atoms with van der Waals surface area (Å²) in [5.41, 5.74) is 2.97. The lowest BCUT2D eigenvalue weighted by Gasteiger charge is -2.24. The SMILES string of the molecule is O=C(OCC(F)(F)F)[C@@H]1[C@H](C(=O)O)N(Cc2ccccc2)C(=O)N1Cc1ccccc1.O=C1OC(=O)[C@H]2[C@@H]1N(Cc1ccccc1)C(=O)N2Cc1ccccc1. The van der Waals surface area contributed by atoms with Crippen molar-refractivity contribution in [2.45, 2.75) is 56.5 Å². The van der Waals surface area contributed by atoms with E-state index in [-0.39, 0.29) is 32.2 Å². The Morgan fingerprint density at radius 1 is 0.554 bits per heavy atom. The molecule has 0 unspecified atom stereocenters. The van der Waals surface area contributed by atoms with Gasteiger partial charge in [0.15, 0.2) is 30.8 Å². The zero-order valence-corrected chi connectivity index (χ0v) is 29.5. The Labute approximate surface area is 318 Å². The fourth-order valence-electron chi connectivity index (χ4n) is 6.77. The summed E-state index contributed by atoms with van der Waals surface area (Å²) in [6, 6.07) is 29.3. The number of carboxylic acid groups (broad SMARTS) is 1. The smallest absolute Gasteiger partial charge is 0.422 e. The van der Waals surface area contributed by atoms with Crippen LogP contribution in [0.4, 0.5) is 22.8 Å². The van der Waals surface area contributed by atoms with Crippen molar-refractivity contribution in [3.8, 4) is 0 Å². The number of amides is 4. The van der Waals surface area contributed by atoms with Crippen LogP contribution in [0.1, 0.15) is 22.3 Å². The number of benzene rings is 4. The Bertz CT molecular complexity index is 1990. The van der Waals surface area contributed by atoms with Gasteiger partial charge in [-0.2, -0.15) is 13.2 Å². The Hall–Kier alpha value is -6.71. The Morgan fingerprint density at radius 3 is 1.21 bits per heavy atom. The first kappa shape index (κ1) is 39.0. The zero-order valence-electron chi connectivity index (χ0n) is 29.5. The lowest BCUT2D eigenvalue weighted by molar-refractivity contribution is -0.190. The molecule has 3 saturated heterocycles. The molecule has 16 heteroatoms. The number of esters is 3. The maximum Gasteiger partial charge on any atom is 0.422 e. The summed E-state index contributed by atoms with van der Waals surface area (Å²) in [5.74, 6) is -4.26. The number of halogens is 3. The second kappa shape index (κ2) is 16.8. The van der Waals surface area contributed by atoms with Crippen LogP contribution in [-0.4, -0.2) is 97.6 Å². The summed E-state index contributed by atoms with van der Waals surface area (Å²) in [7, 11) is 0. The van der Waals surface area contributed by atoms with Crippen LogP contribution in [0.3, 0.4) is 0 Å². The van der Waals surface area contributed by atoms with Gasteiger partial charge in [-0.3, -0.25) is 0 Å². The Kier molecular flexibility index (Phi) is 11.7. The normalized spacial score (nSPS) is 20.4. The molecule has 56 heavy (non-hydrogen) atoms. The second-order valence-electron chi connectivity index (χ2n) is 13.1. The lowest BCUT2D eigenvalue weighted by atomic mass is 10.1. The lowest BCUT2D eigenvalue weighted by Crippen LogP contribution is -2.49. The van der Waals surface area contributed by atoms with E-state index in [9.17, 15) is 47.0 Å². The molecule has 0 spiro atoms. The number of carbonyl (C=O) groups excluding carboxylic acids is 5. The standard InChI is InChI=1S/C21H19F3N2O5.C19H16N2O4/c22-21(23,24)13-31-19(29)17-16(18(27)28)25(11-14-7-3-1-4-8-14)20(30)26(17)12-15-9-5-2-6-10-15;22-17-15-16(18(23)25-17)21(12-14-9-5-2-6-10-14)19(24)20(15)11-13-7-3-1-4-8-13/h1-10,16-17H,11-13H2,(H,27,28);1-10,15-16H,11-12H2/t16-,17+;15-,16+/m1./s1. The summed E-state index contributed by atoms with van der Waals surface area (Å²) in [6.45, 7) is -1.66. The molecule has 3 aliphatic heterocycles. The van der Waals surface area contributed by atoms with Gasteiger partial charge in [0.2, 0.25) is 0 Å². The number of ether oxygens (including phenoxy) is 2. The fraction of sp³-hybridized carbons (Fsp3) is 0.250. The third-order valence-corrected chi connectivity index (χ3v) is 9.26. The number of rotatable bonds is 11. The van der Waals surface area contributed by atoms with Crippen LogP contribution < -0.4 is 0 Å². The van der Waals surface area contributed by atoms with Crippen LogP contribution in [-0.2, 0) is 54.8 Å². The highest BCUT2D eigenvalue weighted by Crippen LogP contribution is 2.33. The van der Waals surface area contributed by atoms with Gasteiger partial charge in [0, 0.05) is 26.2 Å². The third-order valence-electron chi connectivity index (χ3n) is 9.26. The molecule has 290 valence electrons. The molecule has 3 heterocycles. The van der Waals surface area contributed by atoms with Crippen LogP contribution in [0, 0.1) is 0 Å². The summed E-state index contributed by atoms with van der Waals surface area (Å²) in [5, 5.41) is 9.76. The van der Waals surface area contributed by atoms with Gasteiger partial charge in [0.05, 0.1) is 0 Å². The van der Waals surface area contributed by atoms with Gasteiger partial charge in [0.25, 0.3) is 0 Å². The highest BCUT2D eigenvalue weighted by Gasteiger charge is 2.59. The highest BCUT2D eigenvalue weighted by atomic mass is 19.4. The number of carbonyl (C=O) groups is 6. The molecule has 0 bridgehead atoms. The molecule has 0 saturated carbocycles. The van der Waals surface area contributed by atoms with Gasteiger partial charge < -0.3 is 34.2 Å². The number of fused-ring (bicyclic) bond motifs is 1. The summed E-state index contributed by atoms with van der Waals surface area (Å²) >= 11 is 0. The van der Waals surface area contributed by atoms with Gasteiger partial charge in [-0.25, -0.2) is 28.8 Å². The van der Waals surface area contributed by atoms with Crippen molar-refractivity contribution in [2.75, 3.05) is 6.61 Å². The van der Waals surface area contributed by atoms with E-state index in [4.69, 9.17) is 4.74 Å². The van der Waals surface area contributed by atoms with Crippen LogP contribution in [0.15, 0.2) is 121 Å². The Balaban J connectivity index is 0.000000194. The van der Waals surface area contributed by atoms with E-state index in [1.165, 1.54) is 9.80 Å². The minimum atomic E-state index is -4.79. The van der Waals surface area contributed by atoms with Crippen molar-refractivity contribution in [3.63, 3.8) is 0 Å². The van der Waals surface area contributed by atoms with Gasteiger partial charge in [0.1, 0.15) is 0 Å². The molecule has 3 aliphatic rings. The van der Waals surface area contributed by atoms with E-state index in [1.54, 1.807) is 60.7 Å². The van der Waals surface area contributed by atoms with Crippen molar-refractivity contribution >= 4 is 35.9 Å². The number of urea groups is 2. The zero-order chi connectivity index (χ0) is 40.0. The molecule has 0 aromatic heterocycles. The minimum Gasteiger partial charge on any atom is -0.480 e. The first-order valence-electron chi connectivity index (χ1n) is 17.3. The van der Waals surface area contributed by atoms with E-state index < -0.39 is 66.9 Å². The van der Waals surface area contributed by atoms with E-state index in [2.05, 4.69) is 4.74 Å². The van der Waals surface area contributed by atoms with Crippen molar-refractivity contribution in [3.05, 3.63) is 144 Å².